The Kier molecular flexibility index (Phi) is 7.23. The van der Waals surface area contributed by atoms with Crippen LogP contribution in [0.2, 0.25) is 5.02 Å². The molecule has 0 bridgehead atoms. The highest BCUT2D eigenvalue weighted by molar-refractivity contribution is 6.30. The summed E-state index contributed by atoms with van der Waals surface area (Å²) in [7, 11) is 1.25. The van der Waals surface area contributed by atoms with Crippen molar-refractivity contribution in [2.45, 2.75) is 38.4 Å². The van der Waals surface area contributed by atoms with Crippen molar-refractivity contribution in [3.8, 4) is 11.5 Å². The van der Waals surface area contributed by atoms with E-state index < -0.39 is 48.9 Å². The molecule has 0 aliphatic carbocycles. The molecule has 1 unspecified atom stereocenters. The van der Waals surface area contributed by atoms with Gasteiger partial charge in [0.25, 0.3) is 11.9 Å². The zero-order valence-electron chi connectivity index (χ0n) is 19.3. The molecule has 0 radical (unpaired) electrons. The van der Waals surface area contributed by atoms with Gasteiger partial charge in [-0.3, -0.25) is 18.9 Å². The highest BCUT2D eigenvalue weighted by atomic mass is 35.5. The first-order valence-corrected chi connectivity index (χ1v) is 11.2. The minimum Gasteiger partial charge on any atom is -0.452 e. The maximum absolute atomic E-state index is 13.3. The van der Waals surface area contributed by atoms with Crippen molar-refractivity contribution in [3.05, 3.63) is 74.1 Å². The minimum atomic E-state index is -4.95. The lowest BCUT2D eigenvalue weighted by molar-refractivity contribution is -0.274. The average Bonchev–Trinajstić information content (AvgIpc) is 3.15. The van der Waals surface area contributed by atoms with Crippen molar-refractivity contribution >= 4 is 23.1 Å². The number of pyridine rings is 1. The average molecular weight is 566 g/mol. The highest BCUT2D eigenvalue weighted by Crippen LogP contribution is 2.34. The Balaban J connectivity index is 1.74. The monoisotopic (exact) mass is 565 g/mol. The van der Waals surface area contributed by atoms with Crippen LogP contribution in [0.1, 0.15) is 12.1 Å². The lowest BCUT2D eigenvalue weighted by Gasteiger charge is -2.26. The summed E-state index contributed by atoms with van der Waals surface area (Å²) >= 11 is 5.87. The molecule has 1 atom stereocenters. The first-order chi connectivity index (χ1) is 17.7. The third-order valence-corrected chi connectivity index (χ3v) is 5.61. The Bertz CT molecular complexity index is 1440. The Morgan fingerprint density at radius 3 is 2.42 bits per heavy atom. The van der Waals surface area contributed by atoms with E-state index in [9.17, 15) is 35.9 Å². The smallest absolute Gasteiger partial charge is 0.452 e. The lowest BCUT2D eigenvalue weighted by Crippen LogP contribution is -2.44. The van der Waals surface area contributed by atoms with Crippen LogP contribution in [0.25, 0.3) is 0 Å². The second-order valence-electron chi connectivity index (χ2n) is 8.09. The van der Waals surface area contributed by atoms with Crippen LogP contribution in [-0.2, 0) is 20.1 Å². The predicted octanol–water partition coefficient (Wildman–Crippen LogP) is 4.24. The molecule has 1 N–H and O–H groups in total. The summed E-state index contributed by atoms with van der Waals surface area (Å²) in [6, 6.07) is 7.62. The Morgan fingerprint density at radius 1 is 1.08 bits per heavy atom. The summed E-state index contributed by atoms with van der Waals surface area (Å²) in [5.41, 5.74) is -1.86. The molecule has 0 fully saturated rings. The van der Waals surface area contributed by atoms with Gasteiger partial charge in [-0.1, -0.05) is 17.7 Å². The lowest BCUT2D eigenvalue weighted by atomic mass is 10.3. The van der Waals surface area contributed by atoms with Crippen LogP contribution in [-0.4, -0.2) is 33.0 Å². The van der Waals surface area contributed by atoms with Gasteiger partial charge < -0.3 is 19.7 Å². The zero-order chi connectivity index (χ0) is 27.8. The number of hydrogen-bond donors (Lipinski definition) is 1. The number of hydrogen-bond acceptors (Lipinski definition) is 7. The van der Waals surface area contributed by atoms with Crippen molar-refractivity contribution in [2.75, 3.05) is 10.2 Å². The molecule has 1 aliphatic rings. The van der Waals surface area contributed by atoms with Gasteiger partial charge in [0, 0.05) is 25.9 Å². The van der Waals surface area contributed by atoms with Gasteiger partial charge in [0.05, 0.1) is 23.7 Å². The fraction of sp³-hybridized carbons (Fsp3) is 0.318. The van der Waals surface area contributed by atoms with Gasteiger partial charge in [-0.25, -0.2) is 4.79 Å². The molecule has 9 nitrogen and oxygen atoms in total. The molecule has 3 aromatic rings. The van der Waals surface area contributed by atoms with Gasteiger partial charge in [-0.2, -0.15) is 13.2 Å². The molecular weight excluding hydrogens is 548 g/mol. The minimum absolute atomic E-state index is 0.0649. The van der Waals surface area contributed by atoms with Crippen LogP contribution in [0.5, 0.6) is 11.5 Å². The predicted molar refractivity (Wildman–Crippen MR) is 123 cm³/mol. The molecule has 16 heteroatoms. The third kappa shape index (κ3) is 6.15. The van der Waals surface area contributed by atoms with E-state index >= 15 is 0 Å². The van der Waals surface area contributed by atoms with Gasteiger partial charge >= 0.3 is 18.2 Å². The van der Waals surface area contributed by atoms with Gasteiger partial charge in [0.15, 0.2) is 0 Å². The van der Waals surface area contributed by atoms with Gasteiger partial charge in [0.1, 0.15) is 23.0 Å². The van der Waals surface area contributed by atoms with Crippen molar-refractivity contribution < 1.29 is 35.8 Å². The van der Waals surface area contributed by atoms with Crippen LogP contribution < -0.4 is 30.9 Å². The standard InChI is InChI=1S/C22H18ClF6N5O4/c1-32-17-16(18(35)33(20(32)36)8-7-21(24,25)26)34(11-13-6-5-12(23)10-30-13)19(31-17)37-14-3-2-4-15(9-14)38-22(27,28)29/h2-6,9-10,19,31H,7-8,11H2,1H3. The van der Waals surface area contributed by atoms with E-state index in [1.54, 1.807) is 0 Å². The fourth-order valence-electron chi connectivity index (χ4n) is 3.73. The van der Waals surface area contributed by atoms with E-state index in [2.05, 4.69) is 15.0 Å². The fourth-order valence-corrected chi connectivity index (χ4v) is 3.84. The topological polar surface area (TPSA) is 90.6 Å². The number of benzene rings is 1. The number of halogens is 7. The molecule has 1 aromatic carbocycles. The summed E-state index contributed by atoms with van der Waals surface area (Å²) in [4.78, 5) is 31.4. The van der Waals surface area contributed by atoms with Crippen LogP contribution >= 0.6 is 11.6 Å². The van der Waals surface area contributed by atoms with Crippen molar-refractivity contribution in [2.24, 2.45) is 7.05 Å². The van der Waals surface area contributed by atoms with E-state index in [0.717, 1.165) is 16.7 Å². The maximum atomic E-state index is 13.3. The second kappa shape index (κ2) is 10.1. The molecular formula is C22H18ClF6N5O4. The van der Waals surface area contributed by atoms with Crippen molar-refractivity contribution in [1.82, 2.24) is 14.1 Å². The number of nitrogens with zero attached hydrogens (tertiary/aromatic N) is 4. The molecule has 0 saturated heterocycles. The SMILES string of the molecule is Cn1c2c(c(=O)n(CCC(F)(F)F)c1=O)N(Cc1ccc(Cl)cn1)C(Oc1cccc(OC(F)(F)F)c1)N2. The number of nitrogens with one attached hydrogen (secondary N) is 1. The zero-order valence-corrected chi connectivity index (χ0v) is 20.1. The van der Waals surface area contributed by atoms with E-state index in [0.29, 0.717) is 15.3 Å². The Hall–Kier alpha value is -3.88. The van der Waals surface area contributed by atoms with E-state index in [1.165, 1.54) is 42.4 Å². The number of alkyl halides is 6. The van der Waals surface area contributed by atoms with Crippen LogP contribution in [0.4, 0.5) is 37.8 Å². The van der Waals surface area contributed by atoms with Crippen molar-refractivity contribution in [3.63, 3.8) is 0 Å². The normalized spacial score (nSPS) is 15.3. The number of anilines is 2. The number of rotatable bonds is 7. The maximum Gasteiger partial charge on any atom is 0.573 e. The Morgan fingerprint density at radius 2 is 1.79 bits per heavy atom. The summed E-state index contributed by atoms with van der Waals surface area (Å²) in [5.74, 6) is -0.739. The summed E-state index contributed by atoms with van der Waals surface area (Å²) in [6.45, 7) is -1.06. The number of ether oxygens (including phenoxy) is 2. The van der Waals surface area contributed by atoms with Gasteiger partial charge in [-0.05, 0) is 24.3 Å². The third-order valence-electron chi connectivity index (χ3n) is 5.38. The highest BCUT2D eigenvalue weighted by Gasteiger charge is 2.38. The van der Waals surface area contributed by atoms with E-state index in [4.69, 9.17) is 16.3 Å². The molecule has 204 valence electrons. The largest absolute Gasteiger partial charge is 0.573 e. The summed E-state index contributed by atoms with van der Waals surface area (Å²) in [5, 5.41) is 3.12. The molecule has 2 aromatic heterocycles. The molecule has 4 rings (SSSR count). The Labute approximate surface area is 214 Å². The molecule has 0 amide bonds. The molecule has 0 spiro atoms. The summed E-state index contributed by atoms with van der Waals surface area (Å²) in [6.07, 6.45) is -10.9. The number of aromatic nitrogens is 3. The molecule has 3 heterocycles. The van der Waals surface area contributed by atoms with E-state index in [1.807, 2.05) is 0 Å². The first-order valence-electron chi connectivity index (χ1n) is 10.8. The first kappa shape index (κ1) is 27.2. The van der Waals surface area contributed by atoms with Gasteiger partial charge in [0.2, 0.25) is 0 Å². The quantitative estimate of drug-likeness (QED) is 0.429. The molecule has 0 saturated carbocycles. The summed E-state index contributed by atoms with van der Waals surface area (Å²) < 4.78 is 87.6. The van der Waals surface area contributed by atoms with Crippen molar-refractivity contribution in [1.29, 1.82) is 0 Å². The van der Waals surface area contributed by atoms with Crippen LogP contribution in [0, 0.1) is 0 Å². The van der Waals surface area contributed by atoms with E-state index in [-0.39, 0.29) is 23.8 Å². The molecule has 38 heavy (non-hydrogen) atoms. The van der Waals surface area contributed by atoms with Gasteiger partial charge in [-0.15, -0.1) is 13.2 Å². The van der Waals surface area contributed by atoms with Crippen LogP contribution in [0.3, 0.4) is 0 Å². The molecule has 1 aliphatic heterocycles. The second-order valence-corrected chi connectivity index (χ2v) is 8.53. The van der Waals surface area contributed by atoms with Crippen LogP contribution in [0.15, 0.2) is 52.2 Å². The number of fused-ring (bicyclic) bond motifs is 1.